The molecule has 23 heavy (non-hydrogen) atoms. The van der Waals surface area contributed by atoms with E-state index in [0.717, 1.165) is 28.0 Å². The molecule has 0 saturated carbocycles. The van der Waals surface area contributed by atoms with Gasteiger partial charge in [0.15, 0.2) is 0 Å². The van der Waals surface area contributed by atoms with Crippen LogP contribution in [-0.2, 0) is 13.0 Å². The van der Waals surface area contributed by atoms with Crippen LogP contribution in [0.5, 0.6) is 5.75 Å². The second kappa shape index (κ2) is 7.29. The minimum Gasteiger partial charge on any atom is -0.489 e. The highest BCUT2D eigenvalue weighted by Crippen LogP contribution is 2.27. The van der Waals surface area contributed by atoms with Gasteiger partial charge in [0.25, 0.3) is 0 Å². The van der Waals surface area contributed by atoms with Crippen molar-refractivity contribution in [2.75, 3.05) is 0 Å². The number of ether oxygens (including phenoxy) is 1. The van der Waals surface area contributed by atoms with Gasteiger partial charge in [-0.1, -0.05) is 66.7 Å². The van der Waals surface area contributed by atoms with Crippen molar-refractivity contribution >= 4 is 0 Å². The summed E-state index contributed by atoms with van der Waals surface area (Å²) in [5, 5.41) is 8.98. The average molecular weight is 299 g/mol. The predicted octanol–water partition coefficient (Wildman–Crippen LogP) is 5.00. The minimum absolute atomic E-state index is 0.408. The largest absolute Gasteiger partial charge is 0.489 e. The van der Waals surface area contributed by atoms with Crippen molar-refractivity contribution in [3.63, 3.8) is 0 Å². The van der Waals surface area contributed by atoms with Gasteiger partial charge in [0.1, 0.15) is 12.4 Å². The summed E-state index contributed by atoms with van der Waals surface area (Å²) >= 11 is 0. The summed E-state index contributed by atoms with van der Waals surface area (Å²) in [6.45, 7) is 0.546. The lowest BCUT2D eigenvalue weighted by Gasteiger charge is -2.10. The van der Waals surface area contributed by atoms with Gasteiger partial charge in [-0.15, -0.1) is 0 Å². The fourth-order valence-corrected chi connectivity index (χ4v) is 2.54. The summed E-state index contributed by atoms with van der Waals surface area (Å²) in [7, 11) is 0. The molecule has 0 amide bonds. The van der Waals surface area contributed by atoms with Gasteiger partial charge in [-0.2, -0.15) is 5.26 Å². The van der Waals surface area contributed by atoms with Crippen LogP contribution in [0.4, 0.5) is 0 Å². The smallest absolute Gasteiger partial charge is 0.120 e. The first-order chi connectivity index (χ1) is 11.4. The van der Waals surface area contributed by atoms with E-state index in [1.54, 1.807) is 0 Å². The van der Waals surface area contributed by atoms with Gasteiger partial charge in [0, 0.05) is 0 Å². The van der Waals surface area contributed by atoms with E-state index >= 15 is 0 Å². The lowest BCUT2D eigenvalue weighted by Crippen LogP contribution is -1.95. The van der Waals surface area contributed by atoms with Gasteiger partial charge in [0.2, 0.25) is 0 Å². The molecule has 3 aromatic carbocycles. The maximum Gasteiger partial charge on any atom is 0.120 e. The number of nitrogens with zero attached hydrogens (tertiary/aromatic N) is 1. The Labute approximate surface area is 136 Å². The third-order valence-electron chi connectivity index (χ3n) is 3.68. The Bertz CT molecular complexity index is 819. The van der Waals surface area contributed by atoms with Crippen LogP contribution >= 0.6 is 0 Å². The molecule has 0 bridgehead atoms. The quantitative estimate of drug-likeness (QED) is 0.664. The molecule has 0 fully saturated rings. The molecule has 0 radical (unpaired) electrons. The lowest BCUT2D eigenvalue weighted by atomic mass is 9.98. The summed E-state index contributed by atoms with van der Waals surface area (Å²) in [6, 6.07) is 28.3. The predicted molar refractivity (Wildman–Crippen MR) is 92.0 cm³/mol. The van der Waals surface area contributed by atoms with Gasteiger partial charge < -0.3 is 4.74 Å². The number of benzene rings is 3. The average Bonchev–Trinajstić information content (AvgIpc) is 2.62. The zero-order chi connectivity index (χ0) is 15.9. The molecule has 0 aliphatic heterocycles. The van der Waals surface area contributed by atoms with Gasteiger partial charge in [-0.05, 0) is 34.4 Å². The Morgan fingerprint density at radius 3 is 2.43 bits per heavy atom. The molecular formula is C21H17NO. The molecule has 0 spiro atoms. The molecule has 3 aromatic rings. The molecule has 0 N–H and O–H groups in total. The standard InChI is InChI=1S/C21H17NO/c22-14-13-18-9-4-5-12-21(18)19-10-6-11-20(15-19)23-16-17-7-2-1-3-8-17/h1-12,15H,13,16H2. The molecular weight excluding hydrogens is 282 g/mol. The summed E-state index contributed by atoms with van der Waals surface area (Å²) in [6.07, 6.45) is 0.408. The Hall–Kier alpha value is -3.05. The van der Waals surface area contributed by atoms with E-state index in [-0.39, 0.29) is 0 Å². The van der Waals surface area contributed by atoms with E-state index in [1.807, 2.05) is 78.9 Å². The SMILES string of the molecule is N#CCc1ccccc1-c1cccc(OCc2ccccc2)c1. The first kappa shape index (κ1) is 14.9. The number of hydrogen-bond acceptors (Lipinski definition) is 2. The Kier molecular flexibility index (Phi) is 4.71. The van der Waals surface area contributed by atoms with Gasteiger partial charge in [-0.3, -0.25) is 0 Å². The van der Waals surface area contributed by atoms with Crippen molar-refractivity contribution in [3.05, 3.63) is 90.0 Å². The zero-order valence-corrected chi connectivity index (χ0v) is 12.8. The van der Waals surface area contributed by atoms with Crippen molar-refractivity contribution in [2.24, 2.45) is 0 Å². The van der Waals surface area contributed by atoms with E-state index in [2.05, 4.69) is 6.07 Å². The summed E-state index contributed by atoms with van der Waals surface area (Å²) in [5.74, 6) is 0.832. The highest BCUT2D eigenvalue weighted by Gasteiger charge is 2.05. The molecule has 0 aliphatic rings. The molecule has 0 heterocycles. The van der Waals surface area contributed by atoms with E-state index in [0.29, 0.717) is 13.0 Å². The number of hydrogen-bond donors (Lipinski definition) is 0. The van der Waals surface area contributed by atoms with Crippen LogP contribution in [0.2, 0.25) is 0 Å². The zero-order valence-electron chi connectivity index (χ0n) is 12.8. The van der Waals surface area contributed by atoms with Crippen molar-refractivity contribution in [3.8, 4) is 22.9 Å². The monoisotopic (exact) mass is 299 g/mol. The normalized spacial score (nSPS) is 10.0. The highest BCUT2D eigenvalue weighted by molar-refractivity contribution is 5.69. The van der Waals surface area contributed by atoms with Crippen molar-refractivity contribution in [1.29, 1.82) is 5.26 Å². The first-order valence-corrected chi connectivity index (χ1v) is 7.59. The molecule has 2 heteroatoms. The van der Waals surface area contributed by atoms with E-state index in [4.69, 9.17) is 10.00 Å². The second-order valence-electron chi connectivity index (χ2n) is 5.29. The molecule has 0 aromatic heterocycles. The summed E-state index contributed by atoms with van der Waals surface area (Å²) in [4.78, 5) is 0. The third-order valence-corrected chi connectivity index (χ3v) is 3.68. The van der Waals surface area contributed by atoms with Crippen molar-refractivity contribution in [1.82, 2.24) is 0 Å². The Morgan fingerprint density at radius 1 is 0.826 bits per heavy atom. The number of rotatable bonds is 5. The van der Waals surface area contributed by atoms with Crippen LogP contribution in [0.25, 0.3) is 11.1 Å². The molecule has 0 saturated heterocycles. The maximum atomic E-state index is 8.98. The van der Waals surface area contributed by atoms with Crippen LogP contribution in [0, 0.1) is 11.3 Å². The van der Waals surface area contributed by atoms with Crippen LogP contribution in [0.1, 0.15) is 11.1 Å². The fourth-order valence-electron chi connectivity index (χ4n) is 2.54. The topological polar surface area (TPSA) is 33.0 Å². The van der Waals surface area contributed by atoms with Gasteiger partial charge >= 0.3 is 0 Å². The molecule has 2 nitrogen and oxygen atoms in total. The maximum absolute atomic E-state index is 8.98. The Balaban J connectivity index is 1.82. The van der Waals surface area contributed by atoms with Gasteiger partial charge in [0.05, 0.1) is 12.5 Å². The summed E-state index contributed by atoms with van der Waals surface area (Å²) < 4.78 is 5.89. The number of nitriles is 1. The molecule has 112 valence electrons. The first-order valence-electron chi connectivity index (χ1n) is 7.59. The van der Waals surface area contributed by atoms with E-state index in [1.165, 1.54) is 0 Å². The van der Waals surface area contributed by atoms with Crippen LogP contribution in [0.15, 0.2) is 78.9 Å². The van der Waals surface area contributed by atoms with Crippen LogP contribution in [-0.4, -0.2) is 0 Å². The highest BCUT2D eigenvalue weighted by atomic mass is 16.5. The Morgan fingerprint density at radius 2 is 1.61 bits per heavy atom. The molecule has 0 aliphatic carbocycles. The second-order valence-corrected chi connectivity index (χ2v) is 5.29. The van der Waals surface area contributed by atoms with E-state index in [9.17, 15) is 0 Å². The molecule has 3 rings (SSSR count). The third kappa shape index (κ3) is 3.78. The molecule has 0 unspecified atom stereocenters. The van der Waals surface area contributed by atoms with Crippen LogP contribution < -0.4 is 4.74 Å². The van der Waals surface area contributed by atoms with Crippen LogP contribution in [0.3, 0.4) is 0 Å². The minimum atomic E-state index is 0.408. The van der Waals surface area contributed by atoms with Crippen molar-refractivity contribution < 1.29 is 4.74 Å². The van der Waals surface area contributed by atoms with Crippen molar-refractivity contribution in [2.45, 2.75) is 13.0 Å². The molecule has 0 atom stereocenters. The fraction of sp³-hybridized carbons (Fsp3) is 0.0952. The summed E-state index contributed by atoms with van der Waals surface area (Å²) in [5.41, 5.74) is 4.33. The van der Waals surface area contributed by atoms with E-state index < -0.39 is 0 Å². The van der Waals surface area contributed by atoms with Gasteiger partial charge in [-0.25, -0.2) is 0 Å². The lowest BCUT2D eigenvalue weighted by molar-refractivity contribution is 0.306.